The first-order chi connectivity index (χ1) is 9.77. The van der Waals surface area contributed by atoms with Crippen LogP contribution in [0.4, 0.5) is 5.82 Å². The molecule has 0 atom stereocenters. The molecule has 10 heteroatoms. The Kier molecular flexibility index (Phi) is 5.61. The number of nitrogens with zero attached hydrogens (tertiary/aromatic N) is 2. The number of sulfonamides is 1. The molecule has 0 saturated heterocycles. The number of anilines is 1. The standard InChI is InChI=1S/C11H15N3O6S/c1-19-10(15)6-14(7-11(16)20-2)9-4-3-8(5-13-9)21(12,17)18/h3-5H,6-7H2,1-2H3,(H2,12,17,18). The van der Waals surface area contributed by atoms with Crippen molar-refractivity contribution in [3.8, 4) is 0 Å². The van der Waals surface area contributed by atoms with Crippen LogP contribution >= 0.6 is 0 Å². The monoisotopic (exact) mass is 317 g/mol. The van der Waals surface area contributed by atoms with Gasteiger partial charge < -0.3 is 14.4 Å². The van der Waals surface area contributed by atoms with Gasteiger partial charge in [-0.1, -0.05) is 0 Å². The normalized spacial score (nSPS) is 10.8. The third-order valence-corrected chi connectivity index (χ3v) is 3.37. The molecule has 1 heterocycles. The summed E-state index contributed by atoms with van der Waals surface area (Å²) in [6.45, 7) is -0.485. The second kappa shape index (κ2) is 6.99. The van der Waals surface area contributed by atoms with E-state index >= 15 is 0 Å². The van der Waals surface area contributed by atoms with Gasteiger partial charge in [-0.2, -0.15) is 0 Å². The number of rotatable bonds is 6. The Bertz CT molecular complexity index is 595. The highest BCUT2D eigenvalue weighted by Crippen LogP contribution is 2.13. The Labute approximate surface area is 121 Å². The van der Waals surface area contributed by atoms with E-state index in [1.54, 1.807) is 0 Å². The number of carbonyl (C=O) groups is 2. The maximum Gasteiger partial charge on any atom is 0.325 e. The minimum Gasteiger partial charge on any atom is -0.468 e. The molecule has 0 saturated carbocycles. The molecule has 1 aromatic rings. The molecule has 9 nitrogen and oxygen atoms in total. The van der Waals surface area contributed by atoms with Gasteiger partial charge in [0.1, 0.15) is 23.8 Å². The van der Waals surface area contributed by atoms with Crippen molar-refractivity contribution in [3.05, 3.63) is 18.3 Å². The van der Waals surface area contributed by atoms with Gasteiger partial charge >= 0.3 is 11.9 Å². The summed E-state index contributed by atoms with van der Waals surface area (Å²) in [5.41, 5.74) is 0. The van der Waals surface area contributed by atoms with Gasteiger partial charge in [0.25, 0.3) is 0 Å². The second-order valence-electron chi connectivity index (χ2n) is 3.91. The highest BCUT2D eigenvalue weighted by Gasteiger charge is 2.18. The number of carbonyl (C=O) groups excluding carboxylic acids is 2. The predicted octanol–water partition coefficient (Wildman–Crippen LogP) is -1.12. The quantitative estimate of drug-likeness (QED) is 0.653. The Morgan fingerprint density at radius 3 is 2.05 bits per heavy atom. The Morgan fingerprint density at radius 1 is 1.19 bits per heavy atom. The van der Waals surface area contributed by atoms with Crippen molar-refractivity contribution in [2.24, 2.45) is 5.14 Å². The van der Waals surface area contributed by atoms with Crippen LogP contribution in [-0.2, 0) is 29.1 Å². The third-order valence-electron chi connectivity index (χ3n) is 2.47. The number of pyridine rings is 1. The van der Waals surface area contributed by atoms with Crippen molar-refractivity contribution in [2.45, 2.75) is 4.90 Å². The van der Waals surface area contributed by atoms with Crippen LogP contribution in [0.2, 0.25) is 0 Å². The van der Waals surface area contributed by atoms with Crippen molar-refractivity contribution in [1.82, 2.24) is 4.98 Å². The first-order valence-corrected chi connectivity index (χ1v) is 7.20. The molecule has 0 radical (unpaired) electrons. The summed E-state index contributed by atoms with van der Waals surface area (Å²) >= 11 is 0. The zero-order valence-corrected chi connectivity index (χ0v) is 12.3. The molecule has 0 aliphatic heterocycles. The van der Waals surface area contributed by atoms with Crippen molar-refractivity contribution in [1.29, 1.82) is 0 Å². The number of hydrogen-bond acceptors (Lipinski definition) is 8. The summed E-state index contributed by atoms with van der Waals surface area (Å²) in [4.78, 5) is 27.6. The minimum absolute atomic E-state index is 0.178. The summed E-state index contributed by atoms with van der Waals surface area (Å²) in [5.74, 6) is -0.967. The van der Waals surface area contributed by atoms with Crippen LogP contribution in [0.1, 0.15) is 0 Å². The SMILES string of the molecule is COC(=O)CN(CC(=O)OC)c1ccc(S(N)(=O)=O)cn1. The lowest BCUT2D eigenvalue weighted by molar-refractivity contribution is -0.140. The van der Waals surface area contributed by atoms with Gasteiger partial charge in [-0.25, -0.2) is 18.5 Å². The zero-order valence-electron chi connectivity index (χ0n) is 11.5. The summed E-state index contributed by atoms with van der Waals surface area (Å²) in [6, 6.07) is 2.55. The lowest BCUT2D eigenvalue weighted by Crippen LogP contribution is -2.36. The molecular weight excluding hydrogens is 302 g/mol. The number of nitrogens with two attached hydrogens (primary N) is 1. The first kappa shape index (κ1) is 16.9. The summed E-state index contributed by atoms with van der Waals surface area (Å²) in [6.07, 6.45) is 1.03. The molecule has 0 aromatic carbocycles. The van der Waals surface area contributed by atoms with Crippen LogP contribution in [0.15, 0.2) is 23.2 Å². The highest BCUT2D eigenvalue weighted by molar-refractivity contribution is 7.89. The van der Waals surface area contributed by atoms with E-state index in [0.29, 0.717) is 0 Å². The largest absolute Gasteiger partial charge is 0.468 e. The van der Waals surface area contributed by atoms with Gasteiger partial charge in [-0.15, -0.1) is 0 Å². The van der Waals surface area contributed by atoms with Gasteiger partial charge in [-0.05, 0) is 12.1 Å². The fourth-order valence-electron chi connectivity index (χ4n) is 1.39. The summed E-state index contributed by atoms with van der Waals surface area (Å²) in [5, 5.41) is 4.96. The van der Waals surface area contributed by atoms with Gasteiger partial charge in [0.15, 0.2) is 0 Å². The van der Waals surface area contributed by atoms with E-state index in [0.717, 1.165) is 6.20 Å². The summed E-state index contributed by atoms with van der Waals surface area (Å²) in [7, 11) is -1.46. The molecule has 21 heavy (non-hydrogen) atoms. The van der Waals surface area contributed by atoms with Crippen LogP contribution in [0.25, 0.3) is 0 Å². The van der Waals surface area contributed by atoms with E-state index < -0.39 is 22.0 Å². The predicted molar refractivity (Wildman–Crippen MR) is 71.9 cm³/mol. The van der Waals surface area contributed by atoms with Gasteiger partial charge in [0, 0.05) is 6.20 Å². The van der Waals surface area contributed by atoms with E-state index in [-0.39, 0.29) is 23.8 Å². The molecule has 0 spiro atoms. The number of hydrogen-bond donors (Lipinski definition) is 1. The minimum atomic E-state index is -3.86. The zero-order chi connectivity index (χ0) is 16.0. The molecule has 0 amide bonds. The van der Waals surface area contributed by atoms with E-state index in [9.17, 15) is 18.0 Å². The highest BCUT2D eigenvalue weighted by atomic mass is 32.2. The molecule has 0 bridgehead atoms. The Hall–Kier alpha value is -2.20. The average molecular weight is 317 g/mol. The van der Waals surface area contributed by atoms with Gasteiger partial charge in [0.2, 0.25) is 10.0 Å². The maximum atomic E-state index is 11.3. The summed E-state index contributed by atoms with van der Waals surface area (Å²) < 4.78 is 31.3. The van der Waals surface area contributed by atoms with Crippen molar-refractivity contribution in [3.63, 3.8) is 0 Å². The van der Waals surface area contributed by atoms with Crippen molar-refractivity contribution in [2.75, 3.05) is 32.2 Å². The smallest absolute Gasteiger partial charge is 0.325 e. The van der Waals surface area contributed by atoms with E-state index in [4.69, 9.17) is 5.14 Å². The van der Waals surface area contributed by atoms with E-state index in [1.807, 2.05) is 0 Å². The van der Waals surface area contributed by atoms with Crippen molar-refractivity contribution >= 4 is 27.8 Å². The van der Waals surface area contributed by atoms with Crippen LogP contribution in [-0.4, -0.2) is 52.6 Å². The van der Waals surface area contributed by atoms with Gasteiger partial charge in [0.05, 0.1) is 14.2 Å². The molecule has 0 aliphatic carbocycles. The van der Waals surface area contributed by atoms with Gasteiger partial charge in [-0.3, -0.25) is 9.59 Å². The molecule has 0 unspecified atom stereocenters. The lowest BCUT2D eigenvalue weighted by Gasteiger charge is -2.21. The lowest BCUT2D eigenvalue weighted by atomic mass is 10.4. The third kappa shape index (κ3) is 5.00. The Morgan fingerprint density at radius 2 is 1.71 bits per heavy atom. The van der Waals surface area contributed by atoms with E-state index in [1.165, 1.54) is 31.3 Å². The van der Waals surface area contributed by atoms with E-state index in [2.05, 4.69) is 14.5 Å². The van der Waals surface area contributed by atoms with Crippen LogP contribution < -0.4 is 10.0 Å². The van der Waals surface area contributed by atoms with Crippen molar-refractivity contribution < 1.29 is 27.5 Å². The van der Waals surface area contributed by atoms with Crippen LogP contribution in [0.3, 0.4) is 0 Å². The molecule has 1 aromatic heterocycles. The van der Waals surface area contributed by atoms with Crippen LogP contribution in [0.5, 0.6) is 0 Å². The maximum absolute atomic E-state index is 11.3. The number of methoxy groups -OCH3 is 2. The fourth-order valence-corrected chi connectivity index (χ4v) is 1.84. The number of esters is 2. The molecular formula is C11H15N3O6S. The number of primary sulfonamides is 1. The second-order valence-corrected chi connectivity index (χ2v) is 5.47. The average Bonchev–Trinajstić information content (AvgIpc) is 2.45. The number of aromatic nitrogens is 1. The topological polar surface area (TPSA) is 129 Å². The molecule has 0 fully saturated rings. The first-order valence-electron chi connectivity index (χ1n) is 5.65. The molecule has 2 N–H and O–H groups in total. The molecule has 0 aliphatic rings. The fraction of sp³-hybridized carbons (Fsp3) is 0.364. The molecule has 116 valence electrons. The van der Waals surface area contributed by atoms with Crippen LogP contribution in [0, 0.1) is 0 Å². The molecule has 1 rings (SSSR count). The Balaban J connectivity index is 3.02. The number of ether oxygens (including phenoxy) is 2.